The largest absolute Gasteiger partial charge is 0.481 e. The van der Waals surface area contributed by atoms with Crippen LogP contribution in [0.5, 0.6) is 0 Å². The van der Waals surface area contributed by atoms with E-state index in [1.54, 1.807) is 0 Å². The van der Waals surface area contributed by atoms with Crippen LogP contribution in [0.3, 0.4) is 0 Å². The predicted octanol–water partition coefficient (Wildman–Crippen LogP) is 3.58. The fourth-order valence-electron chi connectivity index (χ4n) is 7.23. The normalized spacial score (nSPS) is 49.0. The van der Waals surface area contributed by atoms with E-state index < -0.39 is 5.97 Å². The highest BCUT2D eigenvalue weighted by atomic mass is 16.4. The summed E-state index contributed by atoms with van der Waals surface area (Å²) in [5.74, 6) is 0.785. The summed E-state index contributed by atoms with van der Waals surface area (Å²) in [4.78, 5) is 23.7. The lowest BCUT2D eigenvalue weighted by Crippen LogP contribution is -2.54. The van der Waals surface area contributed by atoms with Gasteiger partial charge in [0.15, 0.2) is 5.78 Å². The van der Waals surface area contributed by atoms with E-state index >= 15 is 0 Å². The molecule has 2 N–H and O–H groups in total. The topological polar surface area (TPSA) is 74.6 Å². The molecule has 25 heavy (non-hydrogen) atoms. The average Bonchev–Trinajstić information content (AvgIpc) is 2.84. The Bertz CT molecular complexity index is 638. The highest BCUT2D eigenvalue weighted by Gasteiger charge is 2.60. The molecule has 1 unspecified atom stereocenters. The van der Waals surface area contributed by atoms with E-state index in [0.29, 0.717) is 24.2 Å². The first-order valence-corrected chi connectivity index (χ1v) is 9.90. The lowest BCUT2D eigenvalue weighted by atomic mass is 9.45. The summed E-state index contributed by atoms with van der Waals surface area (Å²) in [6, 6.07) is 0. The van der Waals surface area contributed by atoms with Crippen LogP contribution >= 0.6 is 0 Å². The summed E-state index contributed by atoms with van der Waals surface area (Å²) in [5, 5.41) is 20.0. The van der Waals surface area contributed by atoms with Crippen LogP contribution in [0.15, 0.2) is 11.6 Å². The number of carbonyl (C=O) groups excluding carboxylic acids is 1. The van der Waals surface area contributed by atoms with Crippen molar-refractivity contribution >= 4 is 11.8 Å². The van der Waals surface area contributed by atoms with Crippen molar-refractivity contribution in [3.8, 4) is 0 Å². The van der Waals surface area contributed by atoms with Gasteiger partial charge >= 0.3 is 5.97 Å². The third kappa shape index (κ3) is 2.36. The number of aliphatic hydroxyl groups excluding tert-OH is 1. The number of hydrogen-bond acceptors (Lipinski definition) is 3. The van der Waals surface area contributed by atoms with E-state index in [1.807, 2.05) is 6.08 Å². The Kier molecular flexibility index (Phi) is 3.91. The fraction of sp³-hybridized carbons (Fsp3) is 0.810. The van der Waals surface area contributed by atoms with Gasteiger partial charge in [0.2, 0.25) is 0 Å². The van der Waals surface area contributed by atoms with E-state index in [0.717, 1.165) is 38.5 Å². The van der Waals surface area contributed by atoms with Crippen molar-refractivity contribution in [1.29, 1.82) is 0 Å². The second-order valence-corrected chi connectivity index (χ2v) is 9.47. The third-order valence-electron chi connectivity index (χ3n) is 8.65. The number of aliphatic hydroxyl groups is 1. The van der Waals surface area contributed by atoms with Crippen LogP contribution in [0.4, 0.5) is 0 Å². The molecule has 0 saturated heterocycles. The summed E-state index contributed by atoms with van der Waals surface area (Å²) in [6.07, 6.45) is 8.19. The Hall–Kier alpha value is -1.16. The molecular weight excluding hydrogens is 316 g/mol. The molecule has 0 aliphatic heterocycles. The van der Waals surface area contributed by atoms with Gasteiger partial charge in [-0.05, 0) is 79.1 Å². The molecule has 0 aromatic heterocycles. The number of allylic oxidation sites excluding steroid dienone is 1. The van der Waals surface area contributed by atoms with Gasteiger partial charge in [-0.15, -0.1) is 0 Å². The lowest BCUT2D eigenvalue weighted by Gasteiger charge is -2.59. The van der Waals surface area contributed by atoms with Gasteiger partial charge in [-0.3, -0.25) is 9.59 Å². The molecule has 0 aromatic rings. The zero-order chi connectivity index (χ0) is 18.0. The lowest BCUT2D eigenvalue weighted by molar-refractivity contribution is -0.142. The van der Waals surface area contributed by atoms with Crippen LogP contribution in [-0.2, 0) is 9.59 Å². The standard InChI is InChI=1S/C21H30O4/c1-20-8-7-17-15(16(20)5-6-18(20)23)4-3-12-9-14(22)10-13(11-19(24)25)21(12,17)2/h9,13,15-18,23H,3-8,10-11H2,1-2H3,(H,24,25)/t13?,15-,16-,17-,18-,20-,21+/m0/s1. The van der Waals surface area contributed by atoms with Crippen molar-refractivity contribution in [2.75, 3.05) is 0 Å². The van der Waals surface area contributed by atoms with Crippen LogP contribution < -0.4 is 0 Å². The van der Waals surface area contributed by atoms with Gasteiger partial charge < -0.3 is 10.2 Å². The first kappa shape index (κ1) is 17.3. The Morgan fingerprint density at radius 2 is 1.96 bits per heavy atom. The first-order chi connectivity index (χ1) is 11.8. The molecule has 0 spiro atoms. The first-order valence-electron chi connectivity index (χ1n) is 9.90. The minimum absolute atomic E-state index is 0.0333. The molecule has 3 saturated carbocycles. The molecule has 4 heteroatoms. The minimum Gasteiger partial charge on any atom is -0.481 e. The van der Waals surface area contributed by atoms with E-state index in [9.17, 15) is 19.8 Å². The smallest absolute Gasteiger partial charge is 0.303 e. The quantitative estimate of drug-likeness (QED) is 0.801. The van der Waals surface area contributed by atoms with Crippen molar-refractivity contribution in [3.63, 3.8) is 0 Å². The van der Waals surface area contributed by atoms with Crippen LogP contribution in [0, 0.1) is 34.5 Å². The molecule has 4 aliphatic carbocycles. The summed E-state index contributed by atoms with van der Waals surface area (Å²) in [7, 11) is 0. The van der Waals surface area contributed by atoms with Crippen LogP contribution in [0.25, 0.3) is 0 Å². The second-order valence-electron chi connectivity index (χ2n) is 9.47. The summed E-state index contributed by atoms with van der Waals surface area (Å²) >= 11 is 0. The van der Waals surface area contributed by atoms with Crippen molar-refractivity contribution in [2.45, 2.75) is 71.3 Å². The molecule has 0 amide bonds. The fourth-order valence-corrected chi connectivity index (χ4v) is 7.23. The predicted molar refractivity (Wildman–Crippen MR) is 93.8 cm³/mol. The number of carbonyl (C=O) groups is 2. The number of hydrogen-bond donors (Lipinski definition) is 2. The number of carboxylic acids is 1. The molecular formula is C21H30O4. The average molecular weight is 346 g/mol. The monoisotopic (exact) mass is 346 g/mol. The molecule has 4 aliphatic rings. The van der Waals surface area contributed by atoms with Gasteiger partial charge in [0.25, 0.3) is 0 Å². The second kappa shape index (κ2) is 5.67. The molecule has 4 nitrogen and oxygen atoms in total. The highest BCUT2D eigenvalue weighted by Crippen LogP contribution is 2.66. The van der Waals surface area contributed by atoms with Crippen molar-refractivity contribution in [2.24, 2.45) is 34.5 Å². The maximum Gasteiger partial charge on any atom is 0.303 e. The van der Waals surface area contributed by atoms with Crippen LogP contribution in [-0.4, -0.2) is 28.1 Å². The number of carboxylic acid groups (broad SMARTS) is 1. The van der Waals surface area contributed by atoms with Crippen LogP contribution in [0.1, 0.15) is 65.2 Å². The number of aliphatic carboxylic acids is 1. The molecule has 0 aromatic carbocycles. The molecule has 0 heterocycles. The Labute approximate surface area is 149 Å². The molecule has 3 fully saturated rings. The highest BCUT2D eigenvalue weighted by molar-refractivity contribution is 5.92. The maximum absolute atomic E-state index is 12.2. The zero-order valence-electron chi connectivity index (χ0n) is 15.3. The van der Waals surface area contributed by atoms with Crippen molar-refractivity contribution in [3.05, 3.63) is 11.6 Å². The molecule has 0 radical (unpaired) electrons. The summed E-state index contributed by atoms with van der Waals surface area (Å²) in [5.41, 5.74) is 1.08. The molecule has 0 bridgehead atoms. The van der Waals surface area contributed by atoms with Crippen molar-refractivity contribution in [1.82, 2.24) is 0 Å². The Morgan fingerprint density at radius 1 is 1.20 bits per heavy atom. The van der Waals surface area contributed by atoms with Crippen LogP contribution in [0.2, 0.25) is 0 Å². The maximum atomic E-state index is 12.2. The van der Waals surface area contributed by atoms with Gasteiger partial charge in [-0.1, -0.05) is 19.4 Å². The zero-order valence-corrected chi connectivity index (χ0v) is 15.3. The SMILES string of the molecule is C[C@]12CC[C@H]3[C@@H](CCC4=CC(=O)CC(CC(=O)O)[C@@]43C)[C@@H]1CC[C@@H]2O. The van der Waals surface area contributed by atoms with Gasteiger partial charge in [-0.25, -0.2) is 0 Å². The van der Waals surface area contributed by atoms with E-state index in [-0.39, 0.29) is 35.1 Å². The Morgan fingerprint density at radius 3 is 2.68 bits per heavy atom. The number of fused-ring (bicyclic) bond motifs is 5. The van der Waals surface area contributed by atoms with E-state index in [2.05, 4.69) is 13.8 Å². The van der Waals surface area contributed by atoms with Crippen molar-refractivity contribution < 1.29 is 19.8 Å². The van der Waals surface area contributed by atoms with Gasteiger partial charge in [0, 0.05) is 12.8 Å². The van der Waals surface area contributed by atoms with Gasteiger partial charge in [-0.2, -0.15) is 0 Å². The van der Waals surface area contributed by atoms with Gasteiger partial charge in [0.05, 0.1) is 6.10 Å². The number of ketones is 1. The summed E-state index contributed by atoms with van der Waals surface area (Å²) < 4.78 is 0. The Balaban J connectivity index is 1.72. The van der Waals surface area contributed by atoms with E-state index in [1.165, 1.54) is 5.57 Å². The molecule has 4 rings (SSSR count). The molecule has 7 atom stereocenters. The molecule has 138 valence electrons. The summed E-state index contributed by atoms with van der Waals surface area (Å²) in [6.45, 7) is 4.50. The third-order valence-corrected chi connectivity index (χ3v) is 8.65. The van der Waals surface area contributed by atoms with E-state index in [4.69, 9.17) is 0 Å². The minimum atomic E-state index is -0.792. The van der Waals surface area contributed by atoms with Gasteiger partial charge in [0.1, 0.15) is 0 Å². The number of rotatable bonds is 2.